The fourth-order valence-electron chi connectivity index (χ4n) is 3.44. The first-order valence-electron chi connectivity index (χ1n) is 10.3. The number of halogens is 1. The number of para-hydroxylation sites is 1. The first kappa shape index (κ1) is 23.4. The van der Waals surface area contributed by atoms with Crippen LogP contribution in [0.25, 0.3) is 0 Å². The molecule has 0 radical (unpaired) electrons. The number of rotatable bonds is 4. The number of cyclic esters (lactones) is 2. The van der Waals surface area contributed by atoms with E-state index in [9.17, 15) is 18.8 Å². The summed E-state index contributed by atoms with van der Waals surface area (Å²) in [6, 6.07) is 4.22. The Bertz CT molecular complexity index is 931. The van der Waals surface area contributed by atoms with E-state index in [2.05, 4.69) is 10.6 Å². The Balaban J connectivity index is 1.73. The van der Waals surface area contributed by atoms with E-state index in [4.69, 9.17) is 14.2 Å². The third kappa shape index (κ3) is 5.68. The van der Waals surface area contributed by atoms with Crippen molar-refractivity contribution in [2.45, 2.75) is 58.5 Å². The third-order valence-corrected chi connectivity index (χ3v) is 4.70. The summed E-state index contributed by atoms with van der Waals surface area (Å²) in [6.07, 6.45) is 1.21. The monoisotopic (exact) mass is 449 g/mol. The lowest BCUT2D eigenvalue weighted by atomic mass is 10.2. The minimum absolute atomic E-state index is 0.221. The van der Waals surface area contributed by atoms with Crippen LogP contribution in [-0.4, -0.2) is 48.6 Å². The van der Waals surface area contributed by atoms with Crippen molar-refractivity contribution in [3.8, 4) is 0 Å². The van der Waals surface area contributed by atoms with E-state index < -0.39 is 35.2 Å². The number of benzene rings is 1. The summed E-state index contributed by atoms with van der Waals surface area (Å²) in [5.74, 6) is -3.50. The van der Waals surface area contributed by atoms with Crippen LogP contribution < -0.4 is 15.5 Å². The lowest BCUT2D eigenvalue weighted by Crippen LogP contribution is -2.42. The smallest absolute Gasteiger partial charge is 0.407 e. The number of amides is 1. The van der Waals surface area contributed by atoms with E-state index >= 15 is 0 Å². The first-order chi connectivity index (χ1) is 14.8. The molecule has 0 spiro atoms. The van der Waals surface area contributed by atoms with Crippen LogP contribution in [0, 0.1) is 5.82 Å². The molecule has 1 aromatic carbocycles. The second-order valence-corrected chi connectivity index (χ2v) is 9.10. The fourth-order valence-corrected chi connectivity index (χ4v) is 3.44. The summed E-state index contributed by atoms with van der Waals surface area (Å²) in [5, 5.41) is 5.62. The quantitative estimate of drug-likeness (QED) is 0.410. The molecule has 1 amide bonds. The summed E-state index contributed by atoms with van der Waals surface area (Å²) < 4.78 is 30.1. The van der Waals surface area contributed by atoms with Gasteiger partial charge in [-0.25, -0.2) is 18.8 Å². The van der Waals surface area contributed by atoms with Crippen molar-refractivity contribution >= 4 is 29.4 Å². The van der Waals surface area contributed by atoms with E-state index in [0.29, 0.717) is 25.2 Å². The van der Waals surface area contributed by atoms with Gasteiger partial charge in [-0.1, -0.05) is 6.07 Å². The lowest BCUT2D eigenvalue weighted by Gasteiger charge is -2.29. The topological polar surface area (TPSA) is 106 Å². The van der Waals surface area contributed by atoms with Crippen LogP contribution in [0.4, 0.5) is 20.6 Å². The highest BCUT2D eigenvalue weighted by atomic mass is 19.1. The van der Waals surface area contributed by atoms with E-state index in [-0.39, 0.29) is 17.3 Å². The van der Waals surface area contributed by atoms with Crippen LogP contribution in [0.5, 0.6) is 0 Å². The highest BCUT2D eigenvalue weighted by Gasteiger charge is 2.39. The number of esters is 2. The zero-order valence-electron chi connectivity index (χ0n) is 18.8. The lowest BCUT2D eigenvalue weighted by molar-refractivity contribution is -0.222. The Morgan fingerprint density at radius 1 is 1.25 bits per heavy atom. The van der Waals surface area contributed by atoms with Crippen molar-refractivity contribution in [2.75, 3.05) is 23.3 Å². The molecule has 0 bridgehead atoms. The number of alkyl carbamates (subject to hydrolysis) is 1. The molecule has 1 aromatic rings. The molecule has 2 aliphatic heterocycles. The van der Waals surface area contributed by atoms with Crippen LogP contribution in [-0.2, 0) is 23.8 Å². The standard InChI is InChI=1S/C22H28FN3O6/c1-21(2,3)32-20(29)25-13-9-10-26(12-13)17-15(23)7-6-8-16(17)24-11-14-18(27)30-22(4,5)31-19(14)28/h6-8,11,13,24H,9-10,12H2,1-5H3,(H,25,29). The largest absolute Gasteiger partial charge is 0.444 e. The molecule has 2 saturated heterocycles. The van der Waals surface area contributed by atoms with E-state index in [1.807, 2.05) is 0 Å². The highest BCUT2D eigenvalue weighted by Crippen LogP contribution is 2.32. The van der Waals surface area contributed by atoms with Crippen molar-refractivity contribution in [2.24, 2.45) is 0 Å². The molecule has 0 aliphatic carbocycles. The molecule has 32 heavy (non-hydrogen) atoms. The van der Waals surface area contributed by atoms with Crippen LogP contribution in [0.2, 0.25) is 0 Å². The minimum Gasteiger partial charge on any atom is -0.444 e. The fraction of sp³-hybridized carbons (Fsp3) is 0.500. The minimum atomic E-state index is -1.35. The molecule has 174 valence electrons. The third-order valence-electron chi connectivity index (χ3n) is 4.70. The van der Waals surface area contributed by atoms with Crippen molar-refractivity contribution in [3.63, 3.8) is 0 Å². The van der Waals surface area contributed by atoms with Gasteiger partial charge in [0.25, 0.3) is 5.79 Å². The summed E-state index contributed by atoms with van der Waals surface area (Å²) in [7, 11) is 0. The normalized spacial score (nSPS) is 20.4. The van der Waals surface area contributed by atoms with Gasteiger partial charge in [-0.2, -0.15) is 0 Å². The number of carbonyl (C=O) groups excluding carboxylic acids is 3. The molecule has 2 N–H and O–H groups in total. The van der Waals surface area contributed by atoms with Gasteiger partial charge in [0.2, 0.25) is 0 Å². The molecular weight excluding hydrogens is 421 g/mol. The number of nitrogens with zero attached hydrogens (tertiary/aromatic N) is 1. The Hall–Kier alpha value is -3.30. The molecular formula is C22H28FN3O6. The molecule has 1 unspecified atom stereocenters. The van der Waals surface area contributed by atoms with Crippen LogP contribution in [0.3, 0.4) is 0 Å². The molecule has 0 saturated carbocycles. The van der Waals surface area contributed by atoms with Gasteiger partial charge in [-0.3, -0.25) is 0 Å². The Kier molecular flexibility index (Phi) is 6.34. The van der Waals surface area contributed by atoms with Crippen LogP contribution in [0.1, 0.15) is 41.0 Å². The van der Waals surface area contributed by atoms with Gasteiger partial charge in [0.05, 0.1) is 17.4 Å². The summed E-state index contributed by atoms with van der Waals surface area (Å²) in [6.45, 7) is 9.09. The van der Waals surface area contributed by atoms with Gasteiger partial charge < -0.3 is 29.7 Å². The second kappa shape index (κ2) is 8.68. The zero-order valence-corrected chi connectivity index (χ0v) is 18.8. The molecule has 2 aliphatic rings. The number of hydrogen-bond donors (Lipinski definition) is 2. The summed E-state index contributed by atoms with van der Waals surface area (Å²) in [5.41, 5.74) is -0.336. The maximum atomic E-state index is 14.7. The maximum Gasteiger partial charge on any atom is 0.407 e. The van der Waals surface area contributed by atoms with Crippen molar-refractivity contribution < 1.29 is 33.0 Å². The molecule has 0 aromatic heterocycles. The average molecular weight is 449 g/mol. The van der Waals surface area contributed by atoms with E-state index in [0.717, 1.165) is 6.20 Å². The average Bonchev–Trinajstić information content (AvgIpc) is 3.06. The first-order valence-corrected chi connectivity index (χ1v) is 10.3. The zero-order chi connectivity index (χ0) is 23.7. The molecule has 3 rings (SSSR count). The van der Waals surface area contributed by atoms with E-state index in [1.165, 1.54) is 26.0 Å². The van der Waals surface area contributed by atoms with Crippen molar-refractivity contribution in [3.05, 3.63) is 35.8 Å². The van der Waals surface area contributed by atoms with Crippen molar-refractivity contribution in [1.29, 1.82) is 0 Å². The van der Waals surface area contributed by atoms with E-state index in [1.54, 1.807) is 31.7 Å². The molecule has 2 fully saturated rings. The van der Waals surface area contributed by atoms with Gasteiger partial charge in [0, 0.05) is 33.1 Å². The highest BCUT2D eigenvalue weighted by molar-refractivity contribution is 6.15. The van der Waals surface area contributed by atoms with Crippen molar-refractivity contribution in [1.82, 2.24) is 5.32 Å². The maximum absolute atomic E-state index is 14.7. The SMILES string of the molecule is CC(C)(C)OC(=O)NC1CCN(c2c(F)cccc2NC=C2C(=O)OC(C)(C)OC2=O)C1. The predicted octanol–water partition coefficient (Wildman–Crippen LogP) is 3.06. The number of hydrogen-bond acceptors (Lipinski definition) is 8. The Morgan fingerprint density at radius 2 is 1.91 bits per heavy atom. The summed E-state index contributed by atoms with van der Waals surface area (Å²) >= 11 is 0. The molecule has 1 atom stereocenters. The number of ether oxygens (including phenoxy) is 3. The van der Waals surface area contributed by atoms with Gasteiger partial charge in [-0.15, -0.1) is 0 Å². The molecule has 2 heterocycles. The van der Waals surface area contributed by atoms with Crippen LogP contribution >= 0.6 is 0 Å². The van der Waals surface area contributed by atoms with Crippen LogP contribution in [0.15, 0.2) is 30.0 Å². The Labute approximate surface area is 185 Å². The molecule has 9 nitrogen and oxygen atoms in total. The number of carbonyl (C=O) groups is 3. The van der Waals surface area contributed by atoms with Gasteiger partial charge in [0.15, 0.2) is 5.57 Å². The number of nitrogens with one attached hydrogen (secondary N) is 2. The van der Waals surface area contributed by atoms with Gasteiger partial charge in [-0.05, 0) is 39.3 Å². The van der Waals surface area contributed by atoms with Gasteiger partial charge >= 0.3 is 18.0 Å². The number of anilines is 2. The predicted molar refractivity (Wildman–Crippen MR) is 114 cm³/mol. The Morgan fingerprint density at radius 3 is 2.53 bits per heavy atom. The summed E-state index contributed by atoms with van der Waals surface area (Å²) in [4.78, 5) is 38.1. The van der Waals surface area contributed by atoms with Gasteiger partial charge in [0.1, 0.15) is 11.4 Å². The molecule has 10 heteroatoms. The second-order valence-electron chi connectivity index (χ2n) is 9.10.